The van der Waals surface area contributed by atoms with Crippen LogP contribution in [0.15, 0.2) is 30.3 Å². The lowest BCUT2D eigenvalue weighted by Crippen LogP contribution is -2.33. The zero-order valence-corrected chi connectivity index (χ0v) is 20.3. The summed E-state index contributed by atoms with van der Waals surface area (Å²) >= 11 is 0. The summed E-state index contributed by atoms with van der Waals surface area (Å²) in [5, 5.41) is 0. The van der Waals surface area contributed by atoms with Crippen molar-refractivity contribution in [2.75, 3.05) is 13.2 Å². The smallest absolute Gasteiger partial charge is 0.306 e. The highest BCUT2D eigenvalue weighted by atomic mass is 16.7. The normalized spacial score (nSPS) is 34.5. The van der Waals surface area contributed by atoms with E-state index in [4.69, 9.17) is 23.7 Å². The minimum atomic E-state index is -0.114. The molecule has 1 aliphatic carbocycles. The highest BCUT2D eigenvalue weighted by Gasteiger charge is 2.51. The molecular weight excluding hydrogens is 432 g/mol. The number of carbonyl (C=O) groups is 1. The summed E-state index contributed by atoms with van der Waals surface area (Å²) in [5.74, 6) is 0.499. The van der Waals surface area contributed by atoms with Gasteiger partial charge in [0.15, 0.2) is 12.6 Å². The molecule has 4 aliphatic rings. The first kappa shape index (κ1) is 24.2. The minimum absolute atomic E-state index is 0.00328. The van der Waals surface area contributed by atoms with Crippen LogP contribution in [-0.4, -0.2) is 50.1 Å². The van der Waals surface area contributed by atoms with Crippen LogP contribution in [0.3, 0.4) is 0 Å². The molecule has 0 amide bonds. The maximum Gasteiger partial charge on any atom is 0.306 e. The van der Waals surface area contributed by atoms with Gasteiger partial charge in [0.05, 0.1) is 18.6 Å². The first-order chi connectivity index (χ1) is 16.7. The Kier molecular flexibility index (Phi) is 8.54. The van der Waals surface area contributed by atoms with Crippen molar-refractivity contribution in [3.8, 4) is 0 Å². The number of benzene rings is 1. The molecule has 3 saturated heterocycles. The maximum atomic E-state index is 12.0. The Balaban J connectivity index is 1.22. The number of fused-ring (bicyclic) bond motifs is 1. The van der Waals surface area contributed by atoms with Gasteiger partial charge in [0.1, 0.15) is 6.10 Å². The fraction of sp³-hybridized carbons (Fsp3) is 0.750. The van der Waals surface area contributed by atoms with Gasteiger partial charge in [0, 0.05) is 25.6 Å². The number of esters is 1. The monoisotopic (exact) mass is 472 g/mol. The van der Waals surface area contributed by atoms with Crippen LogP contribution in [0.4, 0.5) is 0 Å². The lowest BCUT2D eigenvalue weighted by molar-refractivity contribution is -0.201. The lowest BCUT2D eigenvalue weighted by atomic mass is 9.86. The molecule has 6 heteroatoms. The Morgan fingerprint density at radius 2 is 1.71 bits per heavy atom. The summed E-state index contributed by atoms with van der Waals surface area (Å²) in [6.07, 6.45) is 11.7. The van der Waals surface area contributed by atoms with E-state index in [1.54, 1.807) is 0 Å². The van der Waals surface area contributed by atoms with Gasteiger partial charge in [-0.25, -0.2) is 0 Å². The first-order valence-electron chi connectivity index (χ1n) is 13.5. The Labute approximate surface area is 203 Å². The number of hydrogen-bond donors (Lipinski definition) is 0. The standard InChI is InChI=1S/C28H40O6/c29-26-18-23-22(24(19-25(23)33-26)34-28-11-5-7-17-31-28)15-14-21(32-27-10-4-6-16-30-27)13-12-20-8-2-1-3-9-20/h1-3,8-9,21-25,27-28H,4-7,10-19H2/t21-,22+,23?,24+,25-,27?,28?/m0/s1. The molecule has 0 spiro atoms. The fourth-order valence-corrected chi connectivity index (χ4v) is 6.19. The van der Waals surface area contributed by atoms with Crippen LogP contribution in [0.2, 0.25) is 0 Å². The van der Waals surface area contributed by atoms with Crippen molar-refractivity contribution in [3.63, 3.8) is 0 Å². The van der Waals surface area contributed by atoms with E-state index in [1.165, 1.54) is 12.0 Å². The molecular formula is C28H40O6. The summed E-state index contributed by atoms with van der Waals surface area (Å²) in [5.41, 5.74) is 1.34. The summed E-state index contributed by atoms with van der Waals surface area (Å²) in [7, 11) is 0. The van der Waals surface area contributed by atoms with Crippen LogP contribution in [0.5, 0.6) is 0 Å². The maximum absolute atomic E-state index is 12.0. The number of rotatable bonds is 10. The molecule has 1 aromatic carbocycles. The third-order valence-corrected chi connectivity index (χ3v) is 8.02. The number of aryl methyl sites for hydroxylation is 1. The predicted octanol–water partition coefficient (Wildman–Crippen LogP) is 5.17. The summed E-state index contributed by atoms with van der Waals surface area (Å²) < 4.78 is 30.4. The molecule has 3 heterocycles. The largest absolute Gasteiger partial charge is 0.462 e. The fourth-order valence-electron chi connectivity index (χ4n) is 6.19. The van der Waals surface area contributed by atoms with Gasteiger partial charge in [-0.3, -0.25) is 4.79 Å². The number of hydrogen-bond acceptors (Lipinski definition) is 6. The number of ether oxygens (including phenoxy) is 5. The van der Waals surface area contributed by atoms with E-state index in [9.17, 15) is 4.79 Å². The van der Waals surface area contributed by atoms with E-state index in [2.05, 4.69) is 30.3 Å². The molecule has 7 atom stereocenters. The molecule has 4 fully saturated rings. The zero-order valence-electron chi connectivity index (χ0n) is 20.3. The van der Waals surface area contributed by atoms with Crippen LogP contribution < -0.4 is 0 Å². The average molecular weight is 473 g/mol. The molecule has 34 heavy (non-hydrogen) atoms. The van der Waals surface area contributed by atoms with Gasteiger partial charge in [-0.15, -0.1) is 0 Å². The highest BCUT2D eigenvalue weighted by Crippen LogP contribution is 2.46. The van der Waals surface area contributed by atoms with E-state index in [0.29, 0.717) is 12.3 Å². The zero-order chi connectivity index (χ0) is 23.2. The van der Waals surface area contributed by atoms with Crippen molar-refractivity contribution < 1.29 is 28.5 Å². The van der Waals surface area contributed by atoms with Crippen LogP contribution in [0.1, 0.15) is 76.2 Å². The molecule has 1 saturated carbocycles. The second kappa shape index (κ2) is 12.0. The van der Waals surface area contributed by atoms with Gasteiger partial charge in [-0.2, -0.15) is 0 Å². The Bertz CT molecular complexity index is 757. The molecule has 5 rings (SSSR count). The molecule has 0 N–H and O–H groups in total. The van der Waals surface area contributed by atoms with Crippen LogP contribution in [0.25, 0.3) is 0 Å². The lowest BCUT2D eigenvalue weighted by Gasteiger charge is -2.32. The van der Waals surface area contributed by atoms with Gasteiger partial charge in [-0.1, -0.05) is 30.3 Å². The second-order valence-electron chi connectivity index (χ2n) is 10.4. The van der Waals surface area contributed by atoms with E-state index < -0.39 is 0 Å². The van der Waals surface area contributed by atoms with Gasteiger partial charge < -0.3 is 23.7 Å². The molecule has 188 valence electrons. The third kappa shape index (κ3) is 6.39. The Hall–Kier alpha value is -1.47. The van der Waals surface area contributed by atoms with Gasteiger partial charge in [-0.05, 0) is 75.7 Å². The van der Waals surface area contributed by atoms with Gasteiger partial charge in [0.25, 0.3) is 0 Å². The van der Waals surface area contributed by atoms with Crippen molar-refractivity contribution in [1.82, 2.24) is 0 Å². The molecule has 0 bridgehead atoms. The van der Waals surface area contributed by atoms with E-state index in [-0.39, 0.29) is 42.8 Å². The van der Waals surface area contributed by atoms with Crippen molar-refractivity contribution in [2.24, 2.45) is 11.8 Å². The van der Waals surface area contributed by atoms with E-state index >= 15 is 0 Å². The summed E-state index contributed by atoms with van der Waals surface area (Å²) in [6, 6.07) is 10.6. The molecule has 6 nitrogen and oxygen atoms in total. The highest BCUT2D eigenvalue weighted by molar-refractivity contribution is 5.72. The van der Waals surface area contributed by atoms with Crippen LogP contribution in [0, 0.1) is 11.8 Å². The Morgan fingerprint density at radius 3 is 2.44 bits per heavy atom. The molecule has 0 aromatic heterocycles. The summed E-state index contributed by atoms with van der Waals surface area (Å²) in [4.78, 5) is 12.0. The molecule has 0 radical (unpaired) electrons. The van der Waals surface area contributed by atoms with E-state index in [1.807, 2.05) is 0 Å². The third-order valence-electron chi connectivity index (χ3n) is 8.02. The molecule has 3 aliphatic heterocycles. The average Bonchev–Trinajstić information content (AvgIpc) is 3.38. The van der Waals surface area contributed by atoms with Crippen molar-refractivity contribution in [1.29, 1.82) is 0 Å². The first-order valence-corrected chi connectivity index (χ1v) is 13.5. The topological polar surface area (TPSA) is 63.2 Å². The van der Waals surface area contributed by atoms with Crippen molar-refractivity contribution in [3.05, 3.63) is 35.9 Å². The summed E-state index contributed by atoms with van der Waals surface area (Å²) in [6.45, 7) is 1.57. The van der Waals surface area contributed by atoms with Gasteiger partial charge >= 0.3 is 5.97 Å². The van der Waals surface area contributed by atoms with Crippen LogP contribution in [-0.2, 0) is 34.9 Å². The second-order valence-corrected chi connectivity index (χ2v) is 10.4. The predicted molar refractivity (Wildman–Crippen MR) is 127 cm³/mol. The van der Waals surface area contributed by atoms with Crippen molar-refractivity contribution in [2.45, 2.75) is 108 Å². The van der Waals surface area contributed by atoms with E-state index in [0.717, 1.165) is 77.4 Å². The minimum Gasteiger partial charge on any atom is -0.462 e. The van der Waals surface area contributed by atoms with Crippen molar-refractivity contribution >= 4 is 5.97 Å². The quantitative estimate of drug-likeness (QED) is 0.438. The SMILES string of the molecule is O=C1CC2[C@H](C[C@@H](OC3CCCCO3)[C@@H]2CC[C@H](CCc2ccccc2)OC2CCCCO2)O1. The van der Waals surface area contributed by atoms with Gasteiger partial charge in [0.2, 0.25) is 0 Å². The number of carbonyl (C=O) groups excluding carboxylic acids is 1. The molecule has 1 aromatic rings. The van der Waals surface area contributed by atoms with Crippen LogP contribution >= 0.6 is 0 Å². The molecule has 3 unspecified atom stereocenters. The Morgan fingerprint density at radius 1 is 0.941 bits per heavy atom.